The van der Waals surface area contributed by atoms with E-state index >= 15 is 0 Å². The van der Waals surface area contributed by atoms with Gasteiger partial charge in [-0.05, 0) is 66.5 Å². The van der Waals surface area contributed by atoms with Crippen LogP contribution in [-0.4, -0.2) is 52.1 Å². The number of halogens is 1. The quantitative estimate of drug-likeness (QED) is 0.789. The molecule has 0 aliphatic carbocycles. The van der Waals surface area contributed by atoms with Crippen molar-refractivity contribution >= 4 is 5.69 Å². The molecule has 2 aromatic rings. The summed E-state index contributed by atoms with van der Waals surface area (Å²) in [4.78, 5) is 2.43. The molecule has 3 fully saturated rings. The fraction of sp³-hybridized carbons (Fsp3) is 0.500. The minimum atomic E-state index is -0.470. The molecule has 32 heavy (non-hydrogen) atoms. The molecular weight excluding hydrogens is 405 g/mol. The first-order valence-electron chi connectivity index (χ1n) is 11.6. The number of hydrogen-bond donors (Lipinski definition) is 1. The van der Waals surface area contributed by atoms with E-state index in [9.17, 15) is 4.39 Å². The second kappa shape index (κ2) is 9.19. The van der Waals surface area contributed by atoms with Crippen LogP contribution in [0.15, 0.2) is 36.4 Å². The van der Waals surface area contributed by atoms with Crippen LogP contribution in [0.3, 0.4) is 0 Å². The number of anilines is 1. The predicted molar refractivity (Wildman–Crippen MR) is 122 cm³/mol. The van der Waals surface area contributed by atoms with Crippen LogP contribution < -0.4 is 10.2 Å². The van der Waals surface area contributed by atoms with Crippen LogP contribution >= 0.6 is 0 Å². The lowest BCUT2D eigenvalue weighted by Gasteiger charge is -2.40. The topological polar surface area (TPSA) is 57.5 Å². The Bertz CT molecular complexity index is 997. The molecule has 0 saturated carbocycles. The van der Waals surface area contributed by atoms with Crippen molar-refractivity contribution in [1.82, 2.24) is 5.32 Å². The summed E-state index contributed by atoms with van der Waals surface area (Å²) in [5, 5.41) is 12.5. The van der Waals surface area contributed by atoms with Crippen LogP contribution in [0, 0.1) is 22.6 Å². The molecule has 2 aromatic carbocycles. The normalized spacial score (nSPS) is 22.8. The highest BCUT2D eigenvalue weighted by Gasteiger charge is 2.38. The van der Waals surface area contributed by atoms with Gasteiger partial charge in [0.2, 0.25) is 0 Å². The van der Waals surface area contributed by atoms with Gasteiger partial charge in [0.15, 0.2) is 0 Å². The third kappa shape index (κ3) is 4.38. The van der Waals surface area contributed by atoms with Crippen molar-refractivity contribution in [2.75, 3.05) is 50.9 Å². The van der Waals surface area contributed by atoms with E-state index < -0.39 is 5.82 Å². The molecule has 5 nitrogen and oxygen atoms in total. The minimum Gasteiger partial charge on any atom is -0.381 e. The molecular formula is C26H30FN3O2. The lowest BCUT2D eigenvalue weighted by atomic mass is 9.77. The third-order valence-electron chi connectivity index (χ3n) is 7.28. The Labute approximate surface area is 189 Å². The molecule has 3 aliphatic rings. The van der Waals surface area contributed by atoms with Crippen molar-refractivity contribution in [2.45, 2.75) is 31.8 Å². The van der Waals surface area contributed by atoms with E-state index in [2.05, 4.69) is 28.4 Å². The molecule has 1 unspecified atom stereocenters. The Hall–Kier alpha value is -2.46. The van der Waals surface area contributed by atoms with Crippen molar-refractivity contribution in [3.63, 3.8) is 0 Å². The molecule has 5 rings (SSSR count). The summed E-state index contributed by atoms with van der Waals surface area (Å²) in [6.07, 6.45) is 4.37. The van der Waals surface area contributed by atoms with Crippen LogP contribution in [0.25, 0.3) is 11.1 Å². The van der Waals surface area contributed by atoms with E-state index in [0.29, 0.717) is 5.41 Å². The molecule has 0 radical (unpaired) electrons. The lowest BCUT2D eigenvalue weighted by Crippen LogP contribution is -2.40. The molecule has 1 spiro atoms. The van der Waals surface area contributed by atoms with Gasteiger partial charge in [0, 0.05) is 44.0 Å². The Morgan fingerprint density at radius 1 is 1.12 bits per heavy atom. The average Bonchev–Trinajstić information content (AvgIpc) is 3.28. The molecule has 1 N–H and O–H groups in total. The lowest BCUT2D eigenvalue weighted by molar-refractivity contribution is 0.0292. The maximum absolute atomic E-state index is 14.5. The molecule has 3 heterocycles. The summed E-state index contributed by atoms with van der Waals surface area (Å²) < 4.78 is 26.1. The second-order valence-corrected chi connectivity index (χ2v) is 9.35. The number of piperidine rings is 1. The maximum Gasteiger partial charge on any atom is 0.141 e. The number of nitrogens with one attached hydrogen (secondary N) is 1. The first-order valence-corrected chi connectivity index (χ1v) is 11.6. The fourth-order valence-electron chi connectivity index (χ4n) is 5.27. The number of hydrogen-bond acceptors (Lipinski definition) is 5. The first kappa shape index (κ1) is 21.4. The predicted octanol–water partition coefficient (Wildman–Crippen LogP) is 3.90. The van der Waals surface area contributed by atoms with E-state index in [0.717, 1.165) is 88.5 Å². The number of nitrogens with zero attached hydrogens (tertiary/aromatic N) is 2. The van der Waals surface area contributed by atoms with Gasteiger partial charge in [-0.25, -0.2) is 4.39 Å². The summed E-state index contributed by atoms with van der Waals surface area (Å²) in [6, 6.07) is 13.4. The van der Waals surface area contributed by atoms with Gasteiger partial charge in [0.05, 0.1) is 24.9 Å². The van der Waals surface area contributed by atoms with Crippen LogP contribution in [0.5, 0.6) is 0 Å². The van der Waals surface area contributed by atoms with Crippen molar-refractivity contribution in [1.29, 1.82) is 5.26 Å². The van der Waals surface area contributed by atoms with Gasteiger partial charge in [-0.2, -0.15) is 5.26 Å². The molecule has 0 bridgehead atoms. The largest absolute Gasteiger partial charge is 0.381 e. The van der Waals surface area contributed by atoms with Crippen LogP contribution in [0.4, 0.5) is 10.1 Å². The molecule has 6 heteroatoms. The number of rotatable bonds is 4. The highest BCUT2D eigenvalue weighted by atomic mass is 19.1. The van der Waals surface area contributed by atoms with Crippen LogP contribution in [-0.2, 0) is 15.9 Å². The van der Waals surface area contributed by atoms with E-state index in [1.807, 2.05) is 12.1 Å². The van der Waals surface area contributed by atoms with E-state index in [-0.39, 0.29) is 11.7 Å². The molecule has 0 aromatic heterocycles. The van der Waals surface area contributed by atoms with Gasteiger partial charge < -0.3 is 19.7 Å². The number of benzene rings is 2. The van der Waals surface area contributed by atoms with E-state index in [1.54, 1.807) is 6.07 Å². The number of morpholine rings is 1. The van der Waals surface area contributed by atoms with Crippen molar-refractivity contribution in [2.24, 2.45) is 5.41 Å². The van der Waals surface area contributed by atoms with Gasteiger partial charge in [-0.15, -0.1) is 0 Å². The maximum atomic E-state index is 14.5. The number of ether oxygens (including phenoxy) is 2. The smallest absolute Gasteiger partial charge is 0.141 e. The van der Waals surface area contributed by atoms with Gasteiger partial charge in [-0.1, -0.05) is 12.1 Å². The third-order valence-corrected chi connectivity index (χ3v) is 7.28. The Kier molecular flexibility index (Phi) is 6.14. The summed E-state index contributed by atoms with van der Waals surface area (Å²) in [5.41, 5.74) is 4.56. The highest BCUT2D eigenvalue weighted by molar-refractivity contribution is 5.80. The van der Waals surface area contributed by atoms with Crippen LogP contribution in [0.1, 0.15) is 30.4 Å². The zero-order valence-electron chi connectivity index (χ0n) is 18.4. The molecule has 1 atom stereocenters. The molecule has 3 saturated heterocycles. The van der Waals surface area contributed by atoms with Crippen molar-refractivity contribution in [3.05, 3.63) is 53.3 Å². The highest BCUT2D eigenvalue weighted by Crippen LogP contribution is 2.42. The standard InChI is InChI=1S/C26H30FN3O2/c27-24-15-20(2-3-21(24)16-28)23-14-19(13-22-17-29-8-12-32-22)1-4-25(23)30-9-5-26(6-10-30)7-11-31-18-26/h1-4,14-15,22,29H,5-13,17-18H2. The number of nitriles is 1. The minimum absolute atomic E-state index is 0.0780. The van der Waals surface area contributed by atoms with Crippen molar-refractivity contribution < 1.29 is 13.9 Å². The van der Waals surface area contributed by atoms with Gasteiger partial charge in [-0.3, -0.25) is 0 Å². The van der Waals surface area contributed by atoms with Crippen LogP contribution in [0.2, 0.25) is 0 Å². The fourth-order valence-corrected chi connectivity index (χ4v) is 5.27. The monoisotopic (exact) mass is 435 g/mol. The SMILES string of the molecule is N#Cc1ccc(-c2cc(CC3CNCCO3)ccc2N2CCC3(CCOC3)CC2)cc1F. The van der Waals surface area contributed by atoms with Gasteiger partial charge in [0.25, 0.3) is 0 Å². The summed E-state index contributed by atoms with van der Waals surface area (Å²) in [5.74, 6) is -0.470. The zero-order chi connectivity index (χ0) is 22.0. The Balaban J connectivity index is 1.45. The van der Waals surface area contributed by atoms with Gasteiger partial charge in [0.1, 0.15) is 11.9 Å². The van der Waals surface area contributed by atoms with Crippen molar-refractivity contribution in [3.8, 4) is 17.2 Å². The molecule has 168 valence electrons. The second-order valence-electron chi connectivity index (χ2n) is 9.35. The average molecular weight is 436 g/mol. The summed E-state index contributed by atoms with van der Waals surface area (Å²) in [6.45, 7) is 6.18. The summed E-state index contributed by atoms with van der Waals surface area (Å²) in [7, 11) is 0. The van der Waals surface area contributed by atoms with E-state index in [4.69, 9.17) is 14.7 Å². The first-order chi connectivity index (χ1) is 15.7. The Morgan fingerprint density at radius 3 is 2.69 bits per heavy atom. The molecule has 3 aliphatic heterocycles. The Morgan fingerprint density at radius 2 is 2.00 bits per heavy atom. The van der Waals surface area contributed by atoms with E-state index in [1.165, 1.54) is 11.6 Å². The summed E-state index contributed by atoms with van der Waals surface area (Å²) >= 11 is 0. The molecule has 0 amide bonds. The van der Waals surface area contributed by atoms with Gasteiger partial charge >= 0.3 is 0 Å². The zero-order valence-corrected chi connectivity index (χ0v) is 18.4.